The van der Waals surface area contributed by atoms with Crippen LogP contribution in [0.4, 0.5) is 0 Å². The Labute approximate surface area is 111 Å². The van der Waals surface area contributed by atoms with Gasteiger partial charge in [0.25, 0.3) is 5.56 Å². The van der Waals surface area contributed by atoms with E-state index >= 15 is 0 Å². The van der Waals surface area contributed by atoms with E-state index in [2.05, 4.69) is 4.98 Å². The second-order valence-corrected chi connectivity index (χ2v) is 5.15. The highest BCUT2D eigenvalue weighted by Crippen LogP contribution is 2.32. The number of imidazole rings is 1. The van der Waals surface area contributed by atoms with Crippen molar-refractivity contribution in [2.75, 3.05) is 5.84 Å². The molecule has 2 heterocycles. The monoisotopic (exact) mass is 258 g/mol. The Balaban J connectivity index is 2.05. The number of hydrogen-bond acceptors (Lipinski definition) is 3. The largest absolute Gasteiger partial charge is 0.336 e. The summed E-state index contributed by atoms with van der Waals surface area (Å²) in [6, 6.07) is 3.56. The van der Waals surface area contributed by atoms with Crippen molar-refractivity contribution in [1.29, 1.82) is 0 Å². The molecule has 3 rings (SSSR count). The van der Waals surface area contributed by atoms with Crippen LogP contribution in [0.3, 0.4) is 0 Å². The fourth-order valence-corrected chi connectivity index (χ4v) is 2.86. The average Bonchev–Trinajstić information content (AvgIpc) is 2.97. The third-order valence-electron chi connectivity index (χ3n) is 3.91. The Kier molecular flexibility index (Phi) is 3.11. The molecule has 1 fully saturated rings. The fraction of sp³-hybridized carbons (Fsp3) is 0.429. The van der Waals surface area contributed by atoms with Crippen molar-refractivity contribution in [3.8, 4) is 5.69 Å². The number of nitrogen functional groups attached to an aromatic ring is 1. The van der Waals surface area contributed by atoms with Gasteiger partial charge in [-0.1, -0.05) is 19.3 Å². The smallest absolute Gasteiger partial charge is 0.270 e. The summed E-state index contributed by atoms with van der Waals surface area (Å²) in [5, 5.41) is 0. The second-order valence-electron chi connectivity index (χ2n) is 5.15. The van der Waals surface area contributed by atoms with Crippen LogP contribution in [0.15, 0.2) is 35.6 Å². The molecule has 19 heavy (non-hydrogen) atoms. The van der Waals surface area contributed by atoms with Crippen LogP contribution in [0.2, 0.25) is 0 Å². The highest BCUT2D eigenvalue weighted by Gasteiger charge is 2.19. The molecule has 2 aromatic heterocycles. The van der Waals surface area contributed by atoms with Gasteiger partial charge in [0.1, 0.15) is 0 Å². The van der Waals surface area contributed by atoms with Crippen molar-refractivity contribution in [1.82, 2.24) is 14.2 Å². The molecule has 0 amide bonds. The van der Waals surface area contributed by atoms with E-state index in [-0.39, 0.29) is 5.56 Å². The van der Waals surface area contributed by atoms with Gasteiger partial charge in [0.2, 0.25) is 0 Å². The summed E-state index contributed by atoms with van der Waals surface area (Å²) in [5.74, 6) is 6.31. The van der Waals surface area contributed by atoms with Crippen LogP contribution in [0.5, 0.6) is 0 Å². The lowest BCUT2D eigenvalue weighted by Gasteiger charge is -2.24. The lowest BCUT2D eigenvalue weighted by atomic mass is 9.86. The fourth-order valence-electron chi connectivity index (χ4n) is 2.86. The van der Waals surface area contributed by atoms with Gasteiger partial charge in [0, 0.05) is 30.1 Å². The molecule has 0 aliphatic heterocycles. The molecule has 1 saturated carbocycles. The van der Waals surface area contributed by atoms with Gasteiger partial charge in [-0.3, -0.25) is 4.79 Å². The van der Waals surface area contributed by atoms with E-state index in [1.165, 1.54) is 23.9 Å². The average molecular weight is 258 g/mol. The number of nitrogens with zero attached hydrogens (tertiary/aromatic N) is 3. The maximum absolute atomic E-state index is 12.0. The molecule has 0 bridgehead atoms. The maximum Gasteiger partial charge on any atom is 0.270 e. The van der Waals surface area contributed by atoms with Crippen molar-refractivity contribution >= 4 is 0 Å². The lowest BCUT2D eigenvalue weighted by Crippen LogP contribution is -2.32. The van der Waals surface area contributed by atoms with E-state index in [9.17, 15) is 4.79 Å². The Morgan fingerprint density at radius 3 is 2.68 bits per heavy atom. The Morgan fingerprint density at radius 1 is 1.21 bits per heavy atom. The highest BCUT2D eigenvalue weighted by atomic mass is 16.1. The molecule has 0 atom stereocenters. The molecule has 0 spiro atoms. The third kappa shape index (κ3) is 2.28. The zero-order valence-corrected chi connectivity index (χ0v) is 10.8. The Morgan fingerprint density at radius 2 is 2.00 bits per heavy atom. The van der Waals surface area contributed by atoms with Crippen molar-refractivity contribution in [3.63, 3.8) is 0 Å². The van der Waals surface area contributed by atoms with Gasteiger partial charge >= 0.3 is 0 Å². The summed E-state index contributed by atoms with van der Waals surface area (Å²) in [6.45, 7) is 0. The molecule has 1 aliphatic carbocycles. The SMILES string of the molecule is Nn1c(C2CCCCC2)cc(-n2ccnc2)cc1=O. The van der Waals surface area contributed by atoms with E-state index in [1.54, 1.807) is 18.6 Å². The zero-order valence-electron chi connectivity index (χ0n) is 10.8. The maximum atomic E-state index is 12.0. The van der Waals surface area contributed by atoms with Gasteiger partial charge < -0.3 is 10.4 Å². The summed E-state index contributed by atoms with van der Waals surface area (Å²) < 4.78 is 3.14. The minimum Gasteiger partial charge on any atom is -0.336 e. The summed E-state index contributed by atoms with van der Waals surface area (Å²) >= 11 is 0. The summed E-state index contributed by atoms with van der Waals surface area (Å²) in [7, 11) is 0. The first kappa shape index (κ1) is 12.0. The number of hydrogen-bond donors (Lipinski definition) is 1. The molecule has 2 N–H and O–H groups in total. The predicted molar refractivity (Wildman–Crippen MR) is 73.8 cm³/mol. The van der Waals surface area contributed by atoms with Crippen LogP contribution < -0.4 is 11.4 Å². The summed E-state index contributed by atoms with van der Waals surface area (Å²) in [6.07, 6.45) is 11.2. The molecule has 1 aliphatic rings. The molecule has 0 radical (unpaired) electrons. The van der Waals surface area contributed by atoms with Crippen molar-refractivity contribution in [2.45, 2.75) is 38.0 Å². The van der Waals surface area contributed by atoms with Gasteiger partial charge in [-0.2, -0.15) is 0 Å². The van der Waals surface area contributed by atoms with Crippen molar-refractivity contribution < 1.29 is 0 Å². The van der Waals surface area contributed by atoms with Gasteiger partial charge in [0.05, 0.1) is 12.0 Å². The van der Waals surface area contributed by atoms with Crippen LogP contribution in [-0.2, 0) is 0 Å². The van der Waals surface area contributed by atoms with Gasteiger partial charge in [-0.25, -0.2) is 9.66 Å². The molecule has 100 valence electrons. The van der Waals surface area contributed by atoms with Crippen LogP contribution in [-0.4, -0.2) is 14.2 Å². The van der Waals surface area contributed by atoms with Crippen molar-refractivity contribution in [3.05, 3.63) is 46.9 Å². The van der Waals surface area contributed by atoms with E-state index in [0.717, 1.165) is 24.2 Å². The predicted octanol–water partition coefficient (Wildman–Crippen LogP) is 1.80. The van der Waals surface area contributed by atoms with E-state index in [4.69, 9.17) is 5.84 Å². The molecule has 5 nitrogen and oxygen atoms in total. The first-order chi connectivity index (χ1) is 9.25. The number of pyridine rings is 1. The molecule has 0 aromatic carbocycles. The van der Waals surface area contributed by atoms with E-state index in [0.29, 0.717) is 5.92 Å². The molecule has 0 saturated heterocycles. The molecule has 0 unspecified atom stereocenters. The van der Waals surface area contributed by atoms with E-state index < -0.39 is 0 Å². The van der Waals surface area contributed by atoms with Gasteiger partial charge in [0.15, 0.2) is 0 Å². The molecular formula is C14H18N4O. The standard InChI is InChI=1S/C14H18N4O/c15-18-13(11-4-2-1-3-5-11)8-12(9-14(18)19)17-7-6-16-10-17/h6-11H,1-5,15H2. The normalized spacial score (nSPS) is 16.6. The minimum atomic E-state index is -0.160. The summed E-state index contributed by atoms with van der Waals surface area (Å²) in [4.78, 5) is 16.0. The van der Waals surface area contributed by atoms with Gasteiger partial charge in [-0.05, 0) is 18.9 Å². The zero-order chi connectivity index (χ0) is 13.2. The highest BCUT2D eigenvalue weighted by molar-refractivity contribution is 5.34. The second kappa shape index (κ2) is 4.91. The number of rotatable bonds is 2. The molecule has 2 aromatic rings. The van der Waals surface area contributed by atoms with Crippen LogP contribution >= 0.6 is 0 Å². The van der Waals surface area contributed by atoms with Crippen LogP contribution in [0.25, 0.3) is 5.69 Å². The Hall–Kier alpha value is -2.04. The topological polar surface area (TPSA) is 65.8 Å². The number of aromatic nitrogens is 3. The molecule has 5 heteroatoms. The van der Waals surface area contributed by atoms with Crippen LogP contribution in [0.1, 0.15) is 43.7 Å². The Bertz CT molecular complexity index is 609. The number of nitrogens with two attached hydrogens (primary N) is 1. The first-order valence-corrected chi connectivity index (χ1v) is 6.76. The minimum absolute atomic E-state index is 0.160. The summed E-state index contributed by atoms with van der Waals surface area (Å²) in [5.41, 5.74) is 1.62. The van der Waals surface area contributed by atoms with Gasteiger partial charge in [-0.15, -0.1) is 0 Å². The van der Waals surface area contributed by atoms with E-state index in [1.807, 2.05) is 16.8 Å². The van der Waals surface area contributed by atoms with Crippen molar-refractivity contribution in [2.24, 2.45) is 0 Å². The third-order valence-corrected chi connectivity index (χ3v) is 3.91. The van der Waals surface area contributed by atoms with Crippen LogP contribution in [0, 0.1) is 0 Å². The molecular weight excluding hydrogens is 240 g/mol. The lowest BCUT2D eigenvalue weighted by molar-refractivity contribution is 0.428. The quantitative estimate of drug-likeness (QED) is 0.835. The first-order valence-electron chi connectivity index (χ1n) is 6.76.